The maximum absolute atomic E-state index is 13.0. The number of nitrogens with two attached hydrogens (primary N) is 1. The second-order valence-electron chi connectivity index (χ2n) is 7.52. The number of rotatable bonds is 1. The first kappa shape index (κ1) is 15.6. The number of benzene rings is 1. The number of nitrogens with one attached hydrogen (secondary N) is 2. The Labute approximate surface area is 145 Å². The van der Waals surface area contributed by atoms with Crippen LogP contribution in [0.15, 0.2) is 46.4 Å². The molecule has 1 aliphatic carbocycles. The van der Waals surface area contributed by atoms with Gasteiger partial charge in [0.15, 0.2) is 5.78 Å². The third-order valence-electron chi connectivity index (χ3n) is 4.87. The van der Waals surface area contributed by atoms with Crippen LogP contribution in [0.3, 0.4) is 0 Å². The van der Waals surface area contributed by atoms with Crippen LogP contribution in [-0.4, -0.2) is 15.8 Å². The van der Waals surface area contributed by atoms with Crippen LogP contribution >= 0.6 is 0 Å². The molecule has 6 heteroatoms. The van der Waals surface area contributed by atoms with Crippen molar-refractivity contribution in [3.05, 3.63) is 63.1 Å². The second kappa shape index (κ2) is 5.31. The summed E-state index contributed by atoms with van der Waals surface area (Å²) in [5.74, 6) is 0.162. The maximum Gasteiger partial charge on any atom is 0.258 e. The van der Waals surface area contributed by atoms with Gasteiger partial charge < -0.3 is 11.1 Å². The quantitative estimate of drug-likeness (QED) is 0.743. The van der Waals surface area contributed by atoms with Gasteiger partial charge in [-0.25, -0.2) is 0 Å². The molecule has 1 aliphatic heterocycles. The predicted molar refractivity (Wildman–Crippen MR) is 96.2 cm³/mol. The van der Waals surface area contributed by atoms with E-state index in [4.69, 9.17) is 5.73 Å². The molecule has 2 aromatic rings. The minimum Gasteiger partial charge on any atom is -0.369 e. The lowest BCUT2D eigenvalue weighted by atomic mass is 9.69. The van der Waals surface area contributed by atoms with Crippen LogP contribution in [0.4, 0.5) is 11.8 Å². The maximum atomic E-state index is 13.0. The Bertz CT molecular complexity index is 957. The summed E-state index contributed by atoms with van der Waals surface area (Å²) in [6, 6.07) is 9.61. The molecule has 1 aromatic carbocycles. The minimum atomic E-state index is -0.423. The molecule has 0 saturated carbocycles. The number of fused-ring (bicyclic) bond motifs is 1. The number of hydrogen-bond acceptors (Lipinski definition) is 5. The Morgan fingerprint density at radius 3 is 2.60 bits per heavy atom. The summed E-state index contributed by atoms with van der Waals surface area (Å²) < 4.78 is 0. The van der Waals surface area contributed by atoms with Crippen LogP contribution in [0.1, 0.15) is 43.7 Å². The Morgan fingerprint density at radius 2 is 1.88 bits per heavy atom. The Hall–Kier alpha value is -2.89. The Kier molecular flexibility index (Phi) is 3.32. The number of hydrogen-bond donors (Lipinski definition) is 3. The summed E-state index contributed by atoms with van der Waals surface area (Å²) in [6.45, 7) is 4.14. The molecule has 4 rings (SSSR count). The van der Waals surface area contributed by atoms with Gasteiger partial charge in [-0.05, 0) is 17.4 Å². The van der Waals surface area contributed by atoms with Crippen molar-refractivity contribution in [2.45, 2.75) is 32.6 Å². The third-order valence-corrected chi connectivity index (χ3v) is 4.87. The topological polar surface area (TPSA) is 101 Å². The van der Waals surface area contributed by atoms with Crippen molar-refractivity contribution in [3.63, 3.8) is 0 Å². The lowest BCUT2D eigenvalue weighted by molar-refractivity contribution is -0.118. The van der Waals surface area contributed by atoms with Gasteiger partial charge in [0.2, 0.25) is 5.95 Å². The number of carbonyl (C=O) groups is 1. The molecule has 0 bridgehead atoms. The van der Waals surface area contributed by atoms with Gasteiger partial charge in [-0.3, -0.25) is 14.6 Å². The number of carbonyl (C=O) groups excluding carboxylic acids is 1. The lowest BCUT2D eigenvalue weighted by Gasteiger charge is -2.38. The van der Waals surface area contributed by atoms with Gasteiger partial charge in [-0.2, -0.15) is 4.98 Å². The summed E-state index contributed by atoms with van der Waals surface area (Å²) >= 11 is 0. The number of aromatic amines is 1. The first-order valence-electron chi connectivity index (χ1n) is 8.34. The molecule has 2 aliphatic rings. The zero-order valence-electron chi connectivity index (χ0n) is 14.2. The predicted octanol–water partition coefficient (Wildman–Crippen LogP) is 2.55. The molecule has 1 unspecified atom stereocenters. The molecule has 0 fully saturated rings. The van der Waals surface area contributed by atoms with E-state index >= 15 is 0 Å². The van der Waals surface area contributed by atoms with Gasteiger partial charge in [0.05, 0.1) is 5.56 Å². The number of nitrogens with zero attached hydrogens (tertiary/aromatic N) is 1. The van der Waals surface area contributed by atoms with E-state index in [2.05, 4.69) is 29.1 Å². The van der Waals surface area contributed by atoms with Gasteiger partial charge in [-0.1, -0.05) is 44.2 Å². The standard InChI is InChI=1S/C19H20N4O2/c1-19(2)8-11-14(12(24)9-19)13(10-6-4-3-5-7-10)15-16(21-11)22-18(20)23-17(15)25/h3-7,13H,8-9H2,1-2H3,(H4,20,21,22,23,25). The smallest absolute Gasteiger partial charge is 0.258 e. The number of anilines is 2. The summed E-state index contributed by atoms with van der Waals surface area (Å²) in [4.78, 5) is 32.4. The van der Waals surface area contributed by atoms with Gasteiger partial charge in [-0.15, -0.1) is 0 Å². The minimum absolute atomic E-state index is 0.0634. The van der Waals surface area contributed by atoms with Crippen molar-refractivity contribution in [3.8, 4) is 0 Å². The number of ketones is 1. The summed E-state index contributed by atoms with van der Waals surface area (Å²) in [5.41, 5.74) is 8.16. The van der Waals surface area contributed by atoms with Crippen molar-refractivity contribution < 1.29 is 4.79 Å². The van der Waals surface area contributed by atoms with Gasteiger partial charge >= 0.3 is 0 Å². The van der Waals surface area contributed by atoms with Crippen LogP contribution < -0.4 is 16.6 Å². The Balaban J connectivity index is 2.00. The van der Waals surface area contributed by atoms with Crippen LogP contribution in [0.25, 0.3) is 0 Å². The van der Waals surface area contributed by atoms with Crippen LogP contribution in [0.2, 0.25) is 0 Å². The summed E-state index contributed by atoms with van der Waals surface area (Å²) in [7, 11) is 0. The fourth-order valence-electron chi connectivity index (χ4n) is 3.91. The lowest BCUT2D eigenvalue weighted by Crippen LogP contribution is -2.37. The normalized spacial score (nSPS) is 21.4. The van der Waals surface area contributed by atoms with Crippen molar-refractivity contribution in [1.82, 2.24) is 9.97 Å². The first-order valence-corrected chi connectivity index (χ1v) is 8.34. The molecule has 0 saturated heterocycles. The number of aromatic nitrogens is 2. The zero-order valence-corrected chi connectivity index (χ0v) is 14.2. The molecule has 1 aromatic heterocycles. The Morgan fingerprint density at radius 1 is 1.16 bits per heavy atom. The van der Waals surface area contributed by atoms with E-state index < -0.39 is 5.92 Å². The highest BCUT2D eigenvalue weighted by Gasteiger charge is 2.42. The van der Waals surface area contributed by atoms with E-state index in [1.165, 1.54) is 0 Å². The van der Waals surface area contributed by atoms with Crippen LogP contribution in [0.5, 0.6) is 0 Å². The average Bonchev–Trinajstić information content (AvgIpc) is 2.52. The van der Waals surface area contributed by atoms with E-state index in [1.807, 2.05) is 30.3 Å². The van der Waals surface area contributed by atoms with Crippen molar-refractivity contribution in [2.24, 2.45) is 5.41 Å². The van der Waals surface area contributed by atoms with E-state index in [1.54, 1.807) is 0 Å². The first-order chi connectivity index (χ1) is 11.9. The molecule has 128 valence electrons. The fraction of sp³-hybridized carbons (Fsp3) is 0.316. The highest BCUT2D eigenvalue weighted by atomic mass is 16.1. The molecule has 0 spiro atoms. The molecular weight excluding hydrogens is 316 g/mol. The van der Waals surface area contributed by atoms with Crippen LogP contribution in [-0.2, 0) is 4.79 Å². The average molecular weight is 336 g/mol. The molecule has 0 amide bonds. The number of Topliss-reactive ketones (excluding diaryl/α,β-unsaturated/α-hetero) is 1. The molecule has 2 heterocycles. The third kappa shape index (κ3) is 2.54. The molecule has 25 heavy (non-hydrogen) atoms. The fourth-order valence-corrected chi connectivity index (χ4v) is 3.91. The van der Waals surface area contributed by atoms with Crippen molar-refractivity contribution in [1.29, 1.82) is 0 Å². The highest BCUT2D eigenvalue weighted by Crippen LogP contribution is 2.47. The van der Waals surface area contributed by atoms with Gasteiger partial charge in [0.25, 0.3) is 5.56 Å². The second-order valence-corrected chi connectivity index (χ2v) is 7.52. The largest absolute Gasteiger partial charge is 0.369 e. The molecular formula is C19H20N4O2. The molecule has 6 nitrogen and oxygen atoms in total. The van der Waals surface area contributed by atoms with E-state index in [0.717, 1.165) is 17.7 Å². The molecule has 4 N–H and O–H groups in total. The highest BCUT2D eigenvalue weighted by molar-refractivity contribution is 6.01. The van der Waals surface area contributed by atoms with Gasteiger partial charge in [0.1, 0.15) is 5.82 Å². The van der Waals surface area contributed by atoms with Crippen molar-refractivity contribution >= 4 is 17.5 Å². The summed E-state index contributed by atoms with van der Waals surface area (Å²) in [5, 5.41) is 3.21. The zero-order chi connectivity index (χ0) is 17.8. The van der Waals surface area contributed by atoms with Crippen LogP contribution in [0, 0.1) is 5.41 Å². The SMILES string of the molecule is CC1(C)CC(=O)C2=C(C1)Nc1nc(N)[nH]c(=O)c1C2c1ccccc1. The monoisotopic (exact) mass is 336 g/mol. The van der Waals surface area contributed by atoms with Crippen molar-refractivity contribution in [2.75, 3.05) is 11.1 Å². The van der Waals surface area contributed by atoms with E-state index in [9.17, 15) is 9.59 Å². The number of allylic oxidation sites excluding steroid dienone is 2. The number of H-pyrrole nitrogens is 1. The van der Waals surface area contributed by atoms with Gasteiger partial charge in [0, 0.05) is 23.6 Å². The summed E-state index contributed by atoms with van der Waals surface area (Å²) in [6.07, 6.45) is 1.19. The van der Waals surface area contributed by atoms with E-state index in [0.29, 0.717) is 23.4 Å². The van der Waals surface area contributed by atoms with E-state index in [-0.39, 0.29) is 22.7 Å². The molecule has 1 atom stereocenters. The number of nitrogen functional groups attached to an aromatic ring is 1. The molecule has 0 radical (unpaired) electrons.